The predicted octanol–water partition coefficient (Wildman–Crippen LogP) is 2.93. The molecule has 1 saturated heterocycles. The van der Waals surface area contributed by atoms with Gasteiger partial charge in [0, 0.05) is 25.4 Å². The largest absolute Gasteiger partial charge is 0.367 e. The van der Waals surface area contributed by atoms with Crippen LogP contribution in [0.15, 0.2) is 73.1 Å². The van der Waals surface area contributed by atoms with E-state index in [0.29, 0.717) is 13.0 Å². The lowest BCUT2D eigenvalue weighted by atomic mass is 9.90. The Morgan fingerprint density at radius 2 is 1.84 bits per heavy atom. The summed E-state index contributed by atoms with van der Waals surface area (Å²) in [7, 11) is 0. The van der Waals surface area contributed by atoms with Crippen LogP contribution in [-0.4, -0.2) is 47.0 Å². The molecule has 0 bridgehead atoms. The number of aromatic nitrogens is 1. The zero-order valence-electron chi connectivity index (χ0n) is 18.2. The van der Waals surface area contributed by atoms with Gasteiger partial charge in [0.2, 0.25) is 5.91 Å². The number of primary amides is 1. The molecule has 2 aromatic carbocycles. The Labute approximate surface area is 188 Å². The molecular formula is C26H27N3O3. The maximum absolute atomic E-state index is 12.9. The van der Waals surface area contributed by atoms with Crippen molar-refractivity contribution in [1.29, 1.82) is 0 Å². The minimum absolute atomic E-state index is 0.0691. The summed E-state index contributed by atoms with van der Waals surface area (Å²) >= 11 is 0. The molecule has 1 aliphatic rings. The number of hydrogen-bond acceptors (Lipinski definition) is 4. The minimum Gasteiger partial charge on any atom is -0.367 e. The first-order chi connectivity index (χ1) is 15.4. The zero-order valence-corrected chi connectivity index (χ0v) is 18.2. The van der Waals surface area contributed by atoms with Crippen LogP contribution in [0.2, 0.25) is 0 Å². The molecule has 3 aromatic rings. The van der Waals surface area contributed by atoms with E-state index >= 15 is 0 Å². The Morgan fingerprint density at radius 1 is 1.06 bits per heavy atom. The summed E-state index contributed by atoms with van der Waals surface area (Å²) in [6.07, 6.45) is 3.88. The quantitative estimate of drug-likeness (QED) is 0.653. The summed E-state index contributed by atoms with van der Waals surface area (Å²) < 4.78 is 5.94. The van der Waals surface area contributed by atoms with Crippen molar-refractivity contribution in [2.75, 3.05) is 19.7 Å². The summed E-state index contributed by atoms with van der Waals surface area (Å²) in [5.41, 5.74) is 9.69. The van der Waals surface area contributed by atoms with E-state index in [0.717, 1.165) is 22.3 Å². The lowest BCUT2D eigenvalue weighted by Gasteiger charge is -2.41. The first-order valence-corrected chi connectivity index (χ1v) is 10.7. The number of carbonyl (C=O) groups excluding carboxylic acids is 2. The molecule has 1 fully saturated rings. The van der Waals surface area contributed by atoms with Gasteiger partial charge in [0.05, 0.1) is 19.6 Å². The third kappa shape index (κ3) is 4.86. The fourth-order valence-electron chi connectivity index (χ4n) is 4.07. The number of rotatable bonds is 6. The second-order valence-corrected chi connectivity index (χ2v) is 8.30. The molecule has 2 heterocycles. The first kappa shape index (κ1) is 21.7. The molecule has 1 atom stereocenters. The summed E-state index contributed by atoms with van der Waals surface area (Å²) in [5.74, 6) is -0.627. The number of benzene rings is 2. The number of nitrogens with two attached hydrogens (primary N) is 1. The fourth-order valence-corrected chi connectivity index (χ4v) is 4.07. The summed E-state index contributed by atoms with van der Waals surface area (Å²) in [4.78, 5) is 31.2. The number of amides is 2. The van der Waals surface area contributed by atoms with Gasteiger partial charge in [0.1, 0.15) is 0 Å². The van der Waals surface area contributed by atoms with Gasteiger partial charge < -0.3 is 15.4 Å². The van der Waals surface area contributed by atoms with Crippen molar-refractivity contribution in [2.24, 2.45) is 5.73 Å². The molecule has 0 unspecified atom stereocenters. The molecule has 164 valence electrons. The first-order valence-electron chi connectivity index (χ1n) is 10.7. The third-order valence-corrected chi connectivity index (χ3v) is 5.87. The average molecular weight is 430 g/mol. The van der Waals surface area contributed by atoms with Crippen LogP contribution in [0, 0.1) is 6.92 Å². The van der Waals surface area contributed by atoms with Crippen molar-refractivity contribution in [2.45, 2.75) is 25.4 Å². The average Bonchev–Trinajstić information content (AvgIpc) is 2.80. The summed E-state index contributed by atoms with van der Waals surface area (Å²) in [6, 6.07) is 20.0. The Balaban J connectivity index is 1.53. The molecule has 0 aliphatic carbocycles. The highest BCUT2D eigenvalue weighted by Crippen LogP contribution is 2.27. The number of aryl methyl sites for hydroxylation is 1. The monoisotopic (exact) mass is 429 g/mol. The van der Waals surface area contributed by atoms with Crippen molar-refractivity contribution >= 4 is 11.8 Å². The molecule has 0 radical (unpaired) electrons. The van der Waals surface area contributed by atoms with Crippen LogP contribution in [0.5, 0.6) is 0 Å². The van der Waals surface area contributed by atoms with Gasteiger partial charge in [-0.3, -0.25) is 14.6 Å². The van der Waals surface area contributed by atoms with Gasteiger partial charge >= 0.3 is 0 Å². The standard InChI is InChI=1S/C26H27N3O3/c1-19-7-9-22(10-8-19)23-6-2-4-20(14-23)16-26(25(27)31)18-29(12-13-32-26)24(30)15-21-5-3-11-28-17-21/h2-11,14,17H,12-13,15-16,18H2,1H3,(H2,27,31)/t26-/m1/s1. The van der Waals surface area contributed by atoms with E-state index in [4.69, 9.17) is 10.5 Å². The zero-order chi connectivity index (χ0) is 22.6. The van der Waals surface area contributed by atoms with Crippen molar-refractivity contribution in [3.05, 3.63) is 89.7 Å². The van der Waals surface area contributed by atoms with Crippen molar-refractivity contribution in [3.8, 4) is 11.1 Å². The Hall–Kier alpha value is -3.51. The van der Waals surface area contributed by atoms with Gasteiger partial charge in [-0.25, -0.2) is 0 Å². The van der Waals surface area contributed by atoms with E-state index < -0.39 is 11.5 Å². The molecule has 6 nitrogen and oxygen atoms in total. The second-order valence-electron chi connectivity index (χ2n) is 8.30. The highest BCUT2D eigenvalue weighted by molar-refractivity contribution is 5.86. The van der Waals surface area contributed by atoms with E-state index in [9.17, 15) is 9.59 Å². The molecule has 4 rings (SSSR count). The molecule has 1 aliphatic heterocycles. The Bertz CT molecular complexity index is 1100. The van der Waals surface area contributed by atoms with Crippen LogP contribution < -0.4 is 5.73 Å². The smallest absolute Gasteiger partial charge is 0.251 e. The topological polar surface area (TPSA) is 85.5 Å². The van der Waals surface area contributed by atoms with Crippen LogP contribution in [-0.2, 0) is 27.2 Å². The second kappa shape index (κ2) is 9.32. The molecule has 32 heavy (non-hydrogen) atoms. The van der Waals surface area contributed by atoms with E-state index in [1.54, 1.807) is 23.4 Å². The van der Waals surface area contributed by atoms with Gasteiger partial charge in [-0.05, 0) is 35.2 Å². The Morgan fingerprint density at radius 3 is 2.56 bits per heavy atom. The van der Waals surface area contributed by atoms with Crippen LogP contribution in [0.25, 0.3) is 11.1 Å². The molecule has 0 spiro atoms. The van der Waals surface area contributed by atoms with Crippen LogP contribution in [0.4, 0.5) is 0 Å². The van der Waals surface area contributed by atoms with Gasteiger partial charge in [-0.1, -0.05) is 60.2 Å². The van der Waals surface area contributed by atoms with E-state index in [1.807, 2.05) is 24.3 Å². The lowest BCUT2D eigenvalue weighted by molar-refractivity contribution is -0.163. The minimum atomic E-state index is -1.26. The molecule has 2 amide bonds. The fraction of sp³-hybridized carbons (Fsp3) is 0.269. The maximum Gasteiger partial charge on any atom is 0.251 e. The van der Waals surface area contributed by atoms with Crippen LogP contribution >= 0.6 is 0 Å². The Kier molecular flexibility index (Phi) is 6.32. The highest BCUT2D eigenvalue weighted by Gasteiger charge is 2.43. The number of ether oxygens (including phenoxy) is 1. The van der Waals surface area contributed by atoms with Crippen molar-refractivity contribution in [3.63, 3.8) is 0 Å². The number of morpholine rings is 1. The SMILES string of the molecule is Cc1ccc(-c2cccc(C[C@]3(C(N)=O)CN(C(=O)Cc4cccnc4)CCO3)c2)cc1. The summed E-state index contributed by atoms with van der Waals surface area (Å²) in [5, 5.41) is 0. The molecule has 2 N–H and O–H groups in total. The number of nitrogens with zero attached hydrogens (tertiary/aromatic N) is 2. The van der Waals surface area contributed by atoms with Crippen molar-refractivity contribution in [1.82, 2.24) is 9.88 Å². The maximum atomic E-state index is 12.9. The summed E-state index contributed by atoms with van der Waals surface area (Å²) in [6.45, 7) is 2.88. The predicted molar refractivity (Wildman–Crippen MR) is 123 cm³/mol. The third-order valence-electron chi connectivity index (χ3n) is 5.87. The lowest BCUT2D eigenvalue weighted by Crippen LogP contribution is -2.61. The number of pyridine rings is 1. The molecule has 1 aromatic heterocycles. The van der Waals surface area contributed by atoms with E-state index in [-0.39, 0.29) is 25.5 Å². The van der Waals surface area contributed by atoms with Gasteiger partial charge in [-0.2, -0.15) is 0 Å². The molecule has 6 heteroatoms. The highest BCUT2D eigenvalue weighted by atomic mass is 16.5. The van der Waals surface area contributed by atoms with E-state index in [1.165, 1.54) is 5.56 Å². The molecular weight excluding hydrogens is 402 g/mol. The van der Waals surface area contributed by atoms with Gasteiger partial charge in [-0.15, -0.1) is 0 Å². The van der Waals surface area contributed by atoms with Crippen LogP contribution in [0.1, 0.15) is 16.7 Å². The normalized spacial score (nSPS) is 18.3. The van der Waals surface area contributed by atoms with E-state index in [2.05, 4.69) is 42.2 Å². The number of carbonyl (C=O) groups is 2. The molecule has 0 saturated carbocycles. The van der Waals surface area contributed by atoms with Gasteiger partial charge in [0.15, 0.2) is 5.60 Å². The van der Waals surface area contributed by atoms with Gasteiger partial charge in [0.25, 0.3) is 5.91 Å². The van der Waals surface area contributed by atoms with Crippen LogP contribution in [0.3, 0.4) is 0 Å². The number of hydrogen-bond donors (Lipinski definition) is 1. The van der Waals surface area contributed by atoms with Crippen molar-refractivity contribution < 1.29 is 14.3 Å².